The number of fused-ring (bicyclic) bond motifs is 2. The highest BCUT2D eigenvalue weighted by atomic mass is 19.1. The Morgan fingerprint density at radius 2 is 2.00 bits per heavy atom. The molecular formula is C27H24F2N4O4. The van der Waals surface area contributed by atoms with Crippen molar-refractivity contribution in [3.05, 3.63) is 82.4 Å². The molecular weight excluding hydrogens is 482 g/mol. The quantitative estimate of drug-likeness (QED) is 0.161. The van der Waals surface area contributed by atoms with Gasteiger partial charge < -0.3 is 14.6 Å². The molecule has 0 spiro atoms. The molecule has 3 aromatic carbocycles. The third kappa shape index (κ3) is 4.39. The van der Waals surface area contributed by atoms with Gasteiger partial charge in [0.05, 0.1) is 18.6 Å². The summed E-state index contributed by atoms with van der Waals surface area (Å²) in [4.78, 5) is 11.1. The third-order valence-electron chi connectivity index (χ3n) is 6.86. The minimum Gasteiger partial charge on any atom is -0.492 e. The van der Waals surface area contributed by atoms with E-state index in [1.54, 1.807) is 30.3 Å². The molecule has 3 N–H and O–H groups in total. The molecule has 0 saturated heterocycles. The zero-order chi connectivity index (χ0) is 26.3. The van der Waals surface area contributed by atoms with Crippen molar-refractivity contribution in [2.75, 3.05) is 13.7 Å². The van der Waals surface area contributed by atoms with Crippen LogP contribution in [0, 0.1) is 22.6 Å². The number of amidine groups is 1. The van der Waals surface area contributed by atoms with Gasteiger partial charge in [-0.15, -0.1) is 0 Å². The Morgan fingerprint density at radius 1 is 1.19 bits per heavy atom. The maximum absolute atomic E-state index is 15.1. The molecule has 2 aliphatic rings. The summed E-state index contributed by atoms with van der Waals surface area (Å²) in [6.07, 6.45) is 0.360. The van der Waals surface area contributed by atoms with E-state index in [9.17, 15) is 9.18 Å². The molecule has 1 heterocycles. The highest BCUT2D eigenvalue weighted by Gasteiger charge is 2.32. The molecule has 0 aromatic heterocycles. The monoisotopic (exact) mass is 506 g/mol. The number of carbonyl (C=O) groups is 1. The van der Waals surface area contributed by atoms with Crippen LogP contribution in [0.3, 0.4) is 0 Å². The molecule has 10 heteroatoms. The summed E-state index contributed by atoms with van der Waals surface area (Å²) in [6, 6.07) is 12.5. The standard InChI is InChI=1S/C27H24F2N4O4/c1-33(32-31)27(30)26-18(3-2-4-20(26)28)17-7-9-21(29)25-19(17)8-10-22(25)37-15-5-6-16-14(11-24(34)35)13-36-23(16)12-15/h2-7,9,12,14,22,30-31H,8,10-11,13H2,1H3,(H,34,35). The lowest BCUT2D eigenvalue weighted by molar-refractivity contribution is -0.137. The summed E-state index contributed by atoms with van der Waals surface area (Å²) in [5.74, 6) is -1.45. The normalized spacial score (nSPS) is 17.5. The molecule has 8 nitrogen and oxygen atoms in total. The van der Waals surface area contributed by atoms with Crippen molar-refractivity contribution in [2.24, 2.45) is 5.22 Å². The van der Waals surface area contributed by atoms with Crippen LogP contribution in [0.2, 0.25) is 0 Å². The van der Waals surface area contributed by atoms with Crippen molar-refractivity contribution in [1.29, 1.82) is 10.9 Å². The van der Waals surface area contributed by atoms with Gasteiger partial charge in [-0.25, -0.2) is 13.8 Å². The van der Waals surface area contributed by atoms with Crippen molar-refractivity contribution in [1.82, 2.24) is 5.01 Å². The first-order valence-corrected chi connectivity index (χ1v) is 11.7. The number of ether oxygens (including phenoxy) is 2. The van der Waals surface area contributed by atoms with Gasteiger partial charge in [0.15, 0.2) is 5.84 Å². The summed E-state index contributed by atoms with van der Waals surface area (Å²) in [6.45, 7) is 0.281. The summed E-state index contributed by atoms with van der Waals surface area (Å²) >= 11 is 0. The summed E-state index contributed by atoms with van der Waals surface area (Å²) in [7, 11) is 1.38. The smallest absolute Gasteiger partial charge is 0.304 e. The van der Waals surface area contributed by atoms with Crippen LogP contribution in [0.5, 0.6) is 11.5 Å². The van der Waals surface area contributed by atoms with Gasteiger partial charge in [-0.2, -0.15) is 5.53 Å². The van der Waals surface area contributed by atoms with Crippen molar-refractivity contribution >= 4 is 11.8 Å². The predicted octanol–water partition coefficient (Wildman–Crippen LogP) is 5.85. The predicted molar refractivity (Wildman–Crippen MR) is 130 cm³/mol. The van der Waals surface area contributed by atoms with Crippen LogP contribution in [0.15, 0.2) is 53.8 Å². The number of benzene rings is 3. The van der Waals surface area contributed by atoms with Gasteiger partial charge in [0.25, 0.3) is 0 Å². The van der Waals surface area contributed by atoms with Crippen molar-refractivity contribution in [3.8, 4) is 22.6 Å². The zero-order valence-corrected chi connectivity index (χ0v) is 19.9. The minimum absolute atomic E-state index is 0.0223. The van der Waals surface area contributed by atoms with E-state index in [1.807, 2.05) is 0 Å². The van der Waals surface area contributed by atoms with Gasteiger partial charge in [0.2, 0.25) is 0 Å². The highest BCUT2D eigenvalue weighted by molar-refractivity contribution is 6.03. The number of hydrogen-bond acceptors (Lipinski definition) is 6. The van der Waals surface area contributed by atoms with Gasteiger partial charge >= 0.3 is 5.97 Å². The van der Waals surface area contributed by atoms with Crippen LogP contribution in [0.25, 0.3) is 11.1 Å². The second-order valence-corrected chi connectivity index (χ2v) is 9.07. The van der Waals surface area contributed by atoms with Crippen molar-refractivity contribution in [2.45, 2.75) is 31.3 Å². The Hall–Kier alpha value is -4.34. The van der Waals surface area contributed by atoms with E-state index in [0.29, 0.717) is 46.6 Å². The third-order valence-corrected chi connectivity index (χ3v) is 6.86. The lowest BCUT2D eigenvalue weighted by Crippen LogP contribution is -2.22. The summed E-state index contributed by atoms with van der Waals surface area (Å²) < 4.78 is 41.8. The zero-order valence-electron chi connectivity index (χ0n) is 19.9. The van der Waals surface area contributed by atoms with E-state index in [1.165, 1.54) is 25.2 Å². The van der Waals surface area contributed by atoms with Gasteiger partial charge in [-0.1, -0.05) is 29.5 Å². The molecule has 5 rings (SSSR count). The molecule has 1 aliphatic carbocycles. The molecule has 0 radical (unpaired) electrons. The number of nitrogens with one attached hydrogen (secondary N) is 2. The lowest BCUT2D eigenvalue weighted by atomic mass is 9.92. The van der Waals surface area contributed by atoms with Crippen LogP contribution >= 0.6 is 0 Å². The fourth-order valence-electron chi connectivity index (χ4n) is 5.12. The Labute approximate surface area is 211 Å². The Morgan fingerprint density at radius 3 is 2.76 bits per heavy atom. The Bertz CT molecular complexity index is 1430. The first-order valence-electron chi connectivity index (χ1n) is 11.7. The van der Waals surface area contributed by atoms with Crippen LogP contribution < -0.4 is 9.47 Å². The van der Waals surface area contributed by atoms with Gasteiger partial charge in [0, 0.05) is 30.2 Å². The van der Waals surface area contributed by atoms with Crippen LogP contribution in [0.4, 0.5) is 8.78 Å². The molecule has 2 atom stereocenters. The molecule has 0 amide bonds. The van der Waals surface area contributed by atoms with Crippen LogP contribution in [-0.2, 0) is 11.2 Å². The number of nitrogens with zero attached hydrogens (tertiary/aromatic N) is 2. The fraction of sp³-hybridized carbons (Fsp3) is 0.259. The number of aliphatic carboxylic acids is 1. The Balaban J connectivity index is 1.48. The SMILES string of the molecule is CN(N=N)C(=N)c1c(F)cccc1-c1ccc(F)c2c1CCC2Oc1ccc2c(c1)OCC2CC(=O)O. The van der Waals surface area contributed by atoms with Gasteiger partial charge in [-0.3, -0.25) is 10.2 Å². The van der Waals surface area contributed by atoms with E-state index >= 15 is 4.39 Å². The highest BCUT2D eigenvalue weighted by Crippen LogP contribution is 2.44. The van der Waals surface area contributed by atoms with E-state index in [4.69, 9.17) is 25.5 Å². The molecule has 3 aromatic rings. The molecule has 0 saturated carbocycles. The largest absolute Gasteiger partial charge is 0.492 e. The molecule has 37 heavy (non-hydrogen) atoms. The Kier molecular flexibility index (Phi) is 6.32. The second-order valence-electron chi connectivity index (χ2n) is 9.07. The van der Waals surface area contributed by atoms with E-state index < -0.39 is 23.7 Å². The summed E-state index contributed by atoms with van der Waals surface area (Å²) in [5, 5.41) is 21.6. The number of halogens is 2. The van der Waals surface area contributed by atoms with Gasteiger partial charge in [-0.05, 0) is 47.7 Å². The average Bonchev–Trinajstić information content (AvgIpc) is 3.47. The first kappa shape index (κ1) is 24.4. The molecule has 1 aliphatic heterocycles. The number of hydrogen-bond donors (Lipinski definition) is 3. The molecule has 0 fully saturated rings. The van der Waals surface area contributed by atoms with E-state index in [2.05, 4.69) is 5.22 Å². The van der Waals surface area contributed by atoms with E-state index in [-0.39, 0.29) is 30.3 Å². The number of carboxylic acid groups (broad SMARTS) is 1. The topological polar surface area (TPSA) is 119 Å². The summed E-state index contributed by atoms with van der Waals surface area (Å²) in [5.41, 5.74) is 10.0. The fourth-order valence-corrected chi connectivity index (χ4v) is 5.12. The first-order chi connectivity index (χ1) is 17.8. The van der Waals surface area contributed by atoms with Crippen molar-refractivity contribution in [3.63, 3.8) is 0 Å². The second kappa shape index (κ2) is 9.61. The average molecular weight is 507 g/mol. The van der Waals surface area contributed by atoms with Crippen LogP contribution in [-0.4, -0.2) is 35.6 Å². The maximum atomic E-state index is 15.1. The van der Waals surface area contributed by atoms with E-state index in [0.717, 1.165) is 10.6 Å². The van der Waals surface area contributed by atoms with Crippen LogP contribution in [0.1, 0.15) is 47.1 Å². The lowest BCUT2D eigenvalue weighted by Gasteiger charge is -2.19. The maximum Gasteiger partial charge on any atom is 0.304 e. The number of carboxylic acids is 1. The molecule has 2 unspecified atom stereocenters. The molecule has 190 valence electrons. The minimum atomic E-state index is -0.895. The van der Waals surface area contributed by atoms with Crippen molar-refractivity contribution < 1.29 is 28.2 Å². The number of rotatable bonds is 7. The molecule has 0 bridgehead atoms. The van der Waals surface area contributed by atoms with Gasteiger partial charge in [0.1, 0.15) is 29.2 Å².